The first-order chi connectivity index (χ1) is 14.4. The number of anilines is 1. The monoisotopic (exact) mass is 441 g/mol. The molecule has 2 aromatic carbocycles. The third kappa shape index (κ3) is 3.87. The normalized spacial score (nSPS) is 13.5. The summed E-state index contributed by atoms with van der Waals surface area (Å²) in [6, 6.07) is 13.7. The molecule has 0 unspecified atom stereocenters. The number of methoxy groups -OCH3 is 1. The van der Waals surface area contributed by atoms with E-state index in [-0.39, 0.29) is 15.7 Å². The molecule has 1 aliphatic rings. The summed E-state index contributed by atoms with van der Waals surface area (Å²) < 4.78 is 32.3. The second-order valence-corrected chi connectivity index (χ2v) is 10.4. The zero-order valence-electron chi connectivity index (χ0n) is 16.9. The summed E-state index contributed by atoms with van der Waals surface area (Å²) in [6.07, 6.45) is 3.52. The molecule has 5 nitrogen and oxygen atoms in total. The van der Waals surface area contributed by atoms with Crippen LogP contribution in [0.3, 0.4) is 0 Å². The van der Waals surface area contributed by atoms with E-state index in [1.54, 1.807) is 48.5 Å². The number of nitrogens with one attached hydrogen (secondary N) is 1. The standard InChI is InChI=1S/C23H23NO4S2/c1-15-10-12-18(13-11-15)30(26,27)21-19-8-3-4-9-20(19)29-23(21)24-22(25)16-6-5-7-17(14-16)28-2/h5-7,10-14H,3-4,8-9H2,1-2H3,(H,24,25). The van der Waals surface area contributed by atoms with E-state index in [1.807, 2.05) is 6.92 Å². The SMILES string of the molecule is COc1cccc(C(=O)Nc2sc3c(c2S(=O)(=O)c2ccc(C)cc2)CCCC3)c1. The molecule has 0 atom stereocenters. The third-order valence-corrected chi connectivity index (χ3v) is 8.50. The minimum Gasteiger partial charge on any atom is -0.497 e. The maximum absolute atomic E-state index is 13.6. The van der Waals surface area contributed by atoms with Crippen molar-refractivity contribution in [3.8, 4) is 5.75 Å². The minimum absolute atomic E-state index is 0.246. The first kappa shape index (κ1) is 20.6. The van der Waals surface area contributed by atoms with Gasteiger partial charge in [0.15, 0.2) is 0 Å². The van der Waals surface area contributed by atoms with Crippen LogP contribution in [0.15, 0.2) is 58.3 Å². The summed E-state index contributed by atoms with van der Waals surface area (Å²) in [7, 11) is -2.22. The van der Waals surface area contributed by atoms with Crippen LogP contribution in [-0.2, 0) is 22.7 Å². The number of hydrogen-bond acceptors (Lipinski definition) is 5. The molecule has 3 aromatic rings. The van der Waals surface area contributed by atoms with Crippen molar-refractivity contribution in [1.29, 1.82) is 0 Å². The molecule has 0 radical (unpaired) electrons. The number of amides is 1. The molecular formula is C23H23NO4S2. The summed E-state index contributed by atoms with van der Waals surface area (Å²) in [5, 5.41) is 3.27. The van der Waals surface area contributed by atoms with E-state index in [9.17, 15) is 13.2 Å². The lowest BCUT2D eigenvalue weighted by Crippen LogP contribution is -2.14. The first-order valence-electron chi connectivity index (χ1n) is 9.82. The summed E-state index contributed by atoms with van der Waals surface area (Å²) in [4.78, 5) is 14.4. The van der Waals surface area contributed by atoms with E-state index in [2.05, 4.69) is 5.32 Å². The van der Waals surface area contributed by atoms with Gasteiger partial charge in [0, 0.05) is 10.4 Å². The lowest BCUT2D eigenvalue weighted by atomic mass is 9.99. The van der Waals surface area contributed by atoms with Gasteiger partial charge in [0.2, 0.25) is 9.84 Å². The Bertz CT molecular complexity index is 1190. The number of aryl methyl sites for hydroxylation is 2. The minimum atomic E-state index is -3.75. The van der Waals surface area contributed by atoms with E-state index < -0.39 is 9.84 Å². The smallest absolute Gasteiger partial charge is 0.256 e. The van der Waals surface area contributed by atoms with Crippen molar-refractivity contribution in [3.63, 3.8) is 0 Å². The molecular weight excluding hydrogens is 418 g/mol. The maximum Gasteiger partial charge on any atom is 0.256 e. The van der Waals surface area contributed by atoms with E-state index >= 15 is 0 Å². The zero-order valence-corrected chi connectivity index (χ0v) is 18.5. The van der Waals surface area contributed by atoms with Gasteiger partial charge in [-0.3, -0.25) is 4.79 Å². The van der Waals surface area contributed by atoms with Gasteiger partial charge in [-0.25, -0.2) is 8.42 Å². The number of rotatable bonds is 5. The number of hydrogen-bond donors (Lipinski definition) is 1. The Labute approximate surface area is 180 Å². The Morgan fingerprint density at radius 2 is 1.80 bits per heavy atom. The fourth-order valence-electron chi connectivity index (χ4n) is 3.68. The predicted molar refractivity (Wildman–Crippen MR) is 119 cm³/mol. The number of sulfone groups is 1. The van der Waals surface area contributed by atoms with Crippen LogP contribution in [-0.4, -0.2) is 21.4 Å². The number of carbonyl (C=O) groups excluding carboxylic acids is 1. The fraction of sp³-hybridized carbons (Fsp3) is 0.261. The van der Waals surface area contributed by atoms with Gasteiger partial charge in [-0.15, -0.1) is 11.3 Å². The number of benzene rings is 2. The molecule has 1 heterocycles. The Morgan fingerprint density at radius 1 is 1.07 bits per heavy atom. The molecule has 0 fully saturated rings. The number of fused-ring (bicyclic) bond motifs is 1. The van der Waals surface area contributed by atoms with Crippen LogP contribution in [0.2, 0.25) is 0 Å². The Hall–Kier alpha value is -2.64. The fourth-order valence-corrected chi connectivity index (χ4v) is 6.95. The number of ether oxygens (including phenoxy) is 1. The highest BCUT2D eigenvalue weighted by atomic mass is 32.2. The van der Waals surface area contributed by atoms with Gasteiger partial charge in [-0.05, 0) is 68.5 Å². The molecule has 1 aromatic heterocycles. The molecule has 30 heavy (non-hydrogen) atoms. The highest BCUT2D eigenvalue weighted by Gasteiger charge is 2.31. The Balaban J connectivity index is 1.78. The van der Waals surface area contributed by atoms with Gasteiger partial charge in [0.1, 0.15) is 15.6 Å². The van der Waals surface area contributed by atoms with Gasteiger partial charge in [0.25, 0.3) is 5.91 Å². The Morgan fingerprint density at radius 3 is 2.53 bits per heavy atom. The largest absolute Gasteiger partial charge is 0.497 e. The van der Waals surface area contributed by atoms with Crippen LogP contribution in [0.5, 0.6) is 5.75 Å². The van der Waals surface area contributed by atoms with E-state index in [0.29, 0.717) is 22.7 Å². The molecule has 0 saturated heterocycles. The van der Waals surface area contributed by atoms with Gasteiger partial charge >= 0.3 is 0 Å². The summed E-state index contributed by atoms with van der Waals surface area (Å²) in [5.74, 6) is 0.216. The number of thiophene rings is 1. The quantitative estimate of drug-likeness (QED) is 0.603. The maximum atomic E-state index is 13.6. The van der Waals surface area contributed by atoms with Gasteiger partial charge in [-0.2, -0.15) is 0 Å². The van der Waals surface area contributed by atoms with Crippen LogP contribution >= 0.6 is 11.3 Å². The second kappa shape index (κ2) is 8.24. The van der Waals surface area contributed by atoms with Crippen molar-refractivity contribution < 1.29 is 17.9 Å². The molecule has 1 N–H and O–H groups in total. The van der Waals surface area contributed by atoms with Crippen LogP contribution in [0, 0.1) is 6.92 Å². The van der Waals surface area contributed by atoms with Crippen LogP contribution in [0.25, 0.3) is 0 Å². The van der Waals surface area contributed by atoms with Crippen molar-refractivity contribution in [2.45, 2.75) is 42.4 Å². The topological polar surface area (TPSA) is 72.5 Å². The van der Waals surface area contributed by atoms with Crippen molar-refractivity contribution in [2.75, 3.05) is 12.4 Å². The predicted octanol–water partition coefficient (Wildman–Crippen LogP) is 5.03. The highest BCUT2D eigenvalue weighted by Crippen LogP contribution is 2.43. The van der Waals surface area contributed by atoms with E-state index in [4.69, 9.17) is 4.74 Å². The van der Waals surface area contributed by atoms with Crippen LogP contribution < -0.4 is 10.1 Å². The van der Waals surface area contributed by atoms with Crippen LogP contribution in [0.4, 0.5) is 5.00 Å². The average molecular weight is 442 g/mol. The zero-order chi connectivity index (χ0) is 21.3. The van der Waals surface area contributed by atoms with E-state index in [1.165, 1.54) is 18.4 Å². The molecule has 4 rings (SSSR count). The molecule has 156 valence electrons. The summed E-state index contributed by atoms with van der Waals surface area (Å²) in [5.41, 5.74) is 2.26. The van der Waals surface area contributed by atoms with Crippen molar-refractivity contribution in [3.05, 3.63) is 70.1 Å². The average Bonchev–Trinajstić information content (AvgIpc) is 3.12. The number of carbonyl (C=O) groups is 1. The van der Waals surface area contributed by atoms with Gasteiger partial charge in [0.05, 0.1) is 12.0 Å². The lowest BCUT2D eigenvalue weighted by molar-refractivity contribution is 0.102. The second-order valence-electron chi connectivity index (χ2n) is 7.37. The van der Waals surface area contributed by atoms with Crippen molar-refractivity contribution in [2.24, 2.45) is 0 Å². The molecule has 0 saturated carbocycles. The lowest BCUT2D eigenvalue weighted by Gasteiger charge is -2.14. The summed E-state index contributed by atoms with van der Waals surface area (Å²) in [6.45, 7) is 1.92. The van der Waals surface area contributed by atoms with E-state index in [0.717, 1.165) is 35.3 Å². The molecule has 1 amide bonds. The molecule has 0 aliphatic heterocycles. The van der Waals surface area contributed by atoms with Crippen molar-refractivity contribution in [1.82, 2.24) is 0 Å². The summed E-state index contributed by atoms with van der Waals surface area (Å²) >= 11 is 1.38. The molecule has 0 bridgehead atoms. The van der Waals surface area contributed by atoms with Gasteiger partial charge < -0.3 is 10.1 Å². The Kier molecular flexibility index (Phi) is 5.66. The van der Waals surface area contributed by atoms with Crippen molar-refractivity contribution >= 4 is 32.1 Å². The molecule has 1 aliphatic carbocycles. The molecule has 0 spiro atoms. The van der Waals surface area contributed by atoms with Crippen LogP contribution in [0.1, 0.15) is 39.2 Å². The van der Waals surface area contributed by atoms with Gasteiger partial charge in [-0.1, -0.05) is 23.8 Å². The highest BCUT2D eigenvalue weighted by molar-refractivity contribution is 7.92. The first-order valence-corrected chi connectivity index (χ1v) is 12.1. The molecule has 7 heteroatoms. The third-order valence-electron chi connectivity index (χ3n) is 5.28.